The lowest BCUT2D eigenvalue weighted by atomic mass is 9.86. The molecule has 28 heavy (non-hydrogen) atoms. The number of piperazine rings is 1. The molecule has 2 aromatic carbocycles. The first-order valence-corrected chi connectivity index (χ1v) is 10.2. The van der Waals surface area contributed by atoms with Gasteiger partial charge in [0.05, 0.1) is 10.5 Å². The Kier molecular flexibility index (Phi) is 5.02. The Bertz CT molecular complexity index is 1000. The first kappa shape index (κ1) is 19.2. The van der Waals surface area contributed by atoms with Crippen LogP contribution >= 0.6 is 11.6 Å². The van der Waals surface area contributed by atoms with Crippen LogP contribution in [0.4, 0.5) is 5.82 Å². The molecule has 2 heterocycles. The number of rotatable bonds is 2. The molecule has 1 saturated heterocycles. The van der Waals surface area contributed by atoms with Crippen molar-refractivity contribution in [1.82, 2.24) is 14.9 Å². The summed E-state index contributed by atoms with van der Waals surface area (Å²) in [5.74, 6) is 1.70. The van der Waals surface area contributed by atoms with E-state index in [1.54, 1.807) is 0 Å². The third-order valence-electron chi connectivity index (χ3n) is 5.46. The van der Waals surface area contributed by atoms with E-state index in [0.29, 0.717) is 10.8 Å². The summed E-state index contributed by atoms with van der Waals surface area (Å²) in [6, 6.07) is 14.4. The topological polar surface area (TPSA) is 32.3 Å². The number of hydrogen-bond acceptors (Lipinski definition) is 4. The summed E-state index contributed by atoms with van der Waals surface area (Å²) in [6.07, 6.45) is 0. The smallest absolute Gasteiger partial charge is 0.163 e. The van der Waals surface area contributed by atoms with Crippen LogP contribution in [0.1, 0.15) is 26.3 Å². The van der Waals surface area contributed by atoms with E-state index in [1.807, 2.05) is 24.3 Å². The zero-order valence-corrected chi connectivity index (χ0v) is 17.8. The van der Waals surface area contributed by atoms with Gasteiger partial charge in [-0.2, -0.15) is 0 Å². The standard InChI is InChI=1S/C23H27ClN4/c1-23(2,3)16-9-10-20-18(15-16)22(28-13-11-27(4)12-14-28)26-21(25-20)17-7-5-6-8-19(17)24/h5-10,15H,11-14H2,1-4H3. The van der Waals surface area contributed by atoms with Crippen LogP contribution in [0.3, 0.4) is 0 Å². The second-order valence-electron chi connectivity index (χ2n) is 8.62. The molecule has 1 aliphatic rings. The first-order chi connectivity index (χ1) is 13.3. The number of hydrogen-bond donors (Lipinski definition) is 0. The van der Waals surface area contributed by atoms with E-state index < -0.39 is 0 Å². The number of benzene rings is 2. The van der Waals surface area contributed by atoms with Gasteiger partial charge in [-0.1, -0.05) is 50.6 Å². The molecule has 0 aliphatic carbocycles. The number of halogens is 1. The first-order valence-electron chi connectivity index (χ1n) is 9.83. The SMILES string of the molecule is CN1CCN(c2nc(-c3ccccc3Cl)nc3ccc(C(C)(C)C)cc23)CC1. The van der Waals surface area contributed by atoms with Gasteiger partial charge in [0.2, 0.25) is 0 Å². The van der Waals surface area contributed by atoms with E-state index >= 15 is 0 Å². The van der Waals surface area contributed by atoms with Gasteiger partial charge in [0.1, 0.15) is 5.82 Å². The van der Waals surface area contributed by atoms with E-state index in [0.717, 1.165) is 48.5 Å². The molecule has 0 radical (unpaired) electrons. The van der Waals surface area contributed by atoms with Crippen molar-refractivity contribution in [2.45, 2.75) is 26.2 Å². The lowest BCUT2D eigenvalue weighted by Gasteiger charge is -2.34. The second-order valence-corrected chi connectivity index (χ2v) is 9.03. The fourth-order valence-corrected chi connectivity index (χ4v) is 3.82. The average molecular weight is 395 g/mol. The second kappa shape index (κ2) is 7.34. The fraction of sp³-hybridized carbons (Fsp3) is 0.391. The lowest BCUT2D eigenvalue weighted by molar-refractivity contribution is 0.312. The third kappa shape index (κ3) is 3.71. The summed E-state index contributed by atoms with van der Waals surface area (Å²) in [7, 11) is 2.17. The number of nitrogens with zero attached hydrogens (tertiary/aromatic N) is 4. The van der Waals surface area contributed by atoms with Crippen LogP contribution in [0, 0.1) is 0 Å². The quantitative estimate of drug-likeness (QED) is 0.612. The highest BCUT2D eigenvalue weighted by atomic mass is 35.5. The third-order valence-corrected chi connectivity index (χ3v) is 5.79. The number of fused-ring (bicyclic) bond motifs is 1. The van der Waals surface area contributed by atoms with Gasteiger partial charge in [0.25, 0.3) is 0 Å². The molecular formula is C23H27ClN4. The zero-order valence-electron chi connectivity index (χ0n) is 17.0. The minimum atomic E-state index is 0.0784. The van der Waals surface area contributed by atoms with Gasteiger partial charge in [0.15, 0.2) is 5.82 Å². The van der Waals surface area contributed by atoms with Crippen molar-refractivity contribution < 1.29 is 0 Å². The van der Waals surface area contributed by atoms with Crippen molar-refractivity contribution in [3.63, 3.8) is 0 Å². The zero-order chi connectivity index (χ0) is 19.9. The van der Waals surface area contributed by atoms with Crippen LogP contribution in [-0.4, -0.2) is 48.1 Å². The Morgan fingerprint density at radius 3 is 2.32 bits per heavy atom. The summed E-state index contributed by atoms with van der Waals surface area (Å²) in [4.78, 5) is 14.6. The van der Waals surface area contributed by atoms with E-state index in [-0.39, 0.29) is 5.41 Å². The predicted molar refractivity (Wildman–Crippen MR) is 118 cm³/mol. The minimum absolute atomic E-state index is 0.0784. The molecule has 0 N–H and O–H groups in total. The highest BCUT2D eigenvalue weighted by Crippen LogP contribution is 2.34. The number of likely N-dealkylation sites (N-methyl/N-ethyl adjacent to an activating group) is 1. The van der Waals surface area contributed by atoms with E-state index in [9.17, 15) is 0 Å². The highest BCUT2D eigenvalue weighted by molar-refractivity contribution is 6.33. The van der Waals surface area contributed by atoms with Crippen molar-refractivity contribution in [2.24, 2.45) is 0 Å². The number of anilines is 1. The molecule has 0 atom stereocenters. The summed E-state index contributed by atoms with van der Waals surface area (Å²) >= 11 is 6.45. The molecule has 4 rings (SSSR count). The summed E-state index contributed by atoms with van der Waals surface area (Å²) < 4.78 is 0. The summed E-state index contributed by atoms with van der Waals surface area (Å²) in [5, 5.41) is 1.80. The van der Waals surface area contributed by atoms with Gasteiger partial charge < -0.3 is 9.80 Å². The Labute approximate surface area is 172 Å². The molecule has 5 heteroatoms. The Balaban J connectivity index is 1.91. The number of aromatic nitrogens is 2. The maximum absolute atomic E-state index is 6.45. The van der Waals surface area contributed by atoms with E-state index in [1.165, 1.54) is 5.56 Å². The summed E-state index contributed by atoms with van der Waals surface area (Å²) in [5.41, 5.74) is 3.22. The molecule has 4 nitrogen and oxygen atoms in total. The van der Waals surface area contributed by atoms with Crippen LogP contribution in [0.5, 0.6) is 0 Å². The molecule has 0 spiro atoms. The van der Waals surface area contributed by atoms with Crippen LogP contribution in [0.2, 0.25) is 5.02 Å². The maximum Gasteiger partial charge on any atom is 0.163 e. The Morgan fingerprint density at radius 2 is 1.64 bits per heavy atom. The van der Waals surface area contributed by atoms with E-state index in [2.05, 4.69) is 55.8 Å². The molecule has 1 fully saturated rings. The van der Waals surface area contributed by atoms with Crippen LogP contribution in [0.25, 0.3) is 22.3 Å². The lowest BCUT2D eigenvalue weighted by Crippen LogP contribution is -2.45. The molecule has 0 saturated carbocycles. The van der Waals surface area contributed by atoms with Crippen molar-refractivity contribution >= 4 is 28.3 Å². The molecule has 1 aromatic heterocycles. The Hall–Kier alpha value is -2.17. The Morgan fingerprint density at radius 1 is 0.929 bits per heavy atom. The fourth-order valence-electron chi connectivity index (χ4n) is 3.60. The molecule has 1 aliphatic heterocycles. The van der Waals surface area contributed by atoms with Gasteiger partial charge in [-0.15, -0.1) is 0 Å². The van der Waals surface area contributed by atoms with Crippen molar-refractivity contribution in [3.8, 4) is 11.4 Å². The van der Waals surface area contributed by atoms with Gasteiger partial charge in [-0.05, 0) is 42.3 Å². The molecule has 0 bridgehead atoms. The molecule has 0 amide bonds. The molecule has 0 unspecified atom stereocenters. The summed E-state index contributed by atoms with van der Waals surface area (Å²) in [6.45, 7) is 10.7. The average Bonchev–Trinajstić information content (AvgIpc) is 2.67. The molecule has 3 aromatic rings. The van der Waals surface area contributed by atoms with Crippen molar-refractivity contribution in [2.75, 3.05) is 38.1 Å². The van der Waals surface area contributed by atoms with Crippen LogP contribution in [0.15, 0.2) is 42.5 Å². The van der Waals surface area contributed by atoms with Gasteiger partial charge in [0, 0.05) is 37.1 Å². The normalized spacial score (nSPS) is 16.0. The predicted octanol–water partition coefficient (Wildman–Crippen LogP) is 5.00. The molecular weight excluding hydrogens is 368 g/mol. The largest absolute Gasteiger partial charge is 0.353 e. The van der Waals surface area contributed by atoms with Gasteiger partial charge in [-0.3, -0.25) is 0 Å². The van der Waals surface area contributed by atoms with Crippen molar-refractivity contribution in [3.05, 3.63) is 53.1 Å². The van der Waals surface area contributed by atoms with Gasteiger partial charge in [-0.25, -0.2) is 9.97 Å². The molecule has 146 valence electrons. The van der Waals surface area contributed by atoms with Crippen molar-refractivity contribution in [1.29, 1.82) is 0 Å². The van der Waals surface area contributed by atoms with Gasteiger partial charge >= 0.3 is 0 Å². The van der Waals surface area contributed by atoms with Crippen LogP contribution in [-0.2, 0) is 5.41 Å². The highest BCUT2D eigenvalue weighted by Gasteiger charge is 2.22. The van der Waals surface area contributed by atoms with Crippen LogP contribution < -0.4 is 4.90 Å². The maximum atomic E-state index is 6.45. The van der Waals surface area contributed by atoms with E-state index in [4.69, 9.17) is 21.6 Å². The monoisotopic (exact) mass is 394 g/mol. The minimum Gasteiger partial charge on any atom is -0.353 e.